The number of carbonyl (C=O) groups excluding carboxylic acids is 10. The first kappa shape index (κ1) is 67.6. The van der Waals surface area contributed by atoms with E-state index in [1.165, 1.54) is 25.6 Å². The van der Waals surface area contributed by atoms with Crippen molar-refractivity contribution < 1.29 is 47.9 Å². The Morgan fingerprint density at radius 1 is 0.620 bits per heavy atom. The number of hydrogen-bond acceptors (Lipinski definition) is 14. The highest BCUT2D eigenvalue weighted by Crippen LogP contribution is 2.16. The summed E-state index contributed by atoms with van der Waals surface area (Å²) in [4.78, 5) is 136. The molecule has 440 valence electrons. The van der Waals surface area contributed by atoms with E-state index in [9.17, 15) is 47.9 Å². The number of aromatic nitrogens is 4. The van der Waals surface area contributed by atoms with Gasteiger partial charge in [-0.2, -0.15) is 0 Å². The molecule has 2 rings (SSSR count). The lowest BCUT2D eigenvalue weighted by molar-refractivity contribution is -0.138. The summed E-state index contributed by atoms with van der Waals surface area (Å²) < 4.78 is 0. The Morgan fingerprint density at radius 3 is 1.54 bits per heavy atom. The molecule has 79 heavy (non-hydrogen) atoms. The molecule has 0 aliphatic heterocycles. The van der Waals surface area contributed by atoms with Gasteiger partial charge in [-0.3, -0.25) is 47.9 Å². The first-order chi connectivity index (χ1) is 36.8. The molecule has 0 fully saturated rings. The molecule has 1 aromatic carbocycles. The third-order valence-electron chi connectivity index (χ3n) is 12.5. The van der Waals surface area contributed by atoms with Gasteiger partial charge in [0.25, 0.3) is 11.7 Å². The van der Waals surface area contributed by atoms with Crippen molar-refractivity contribution in [3.63, 3.8) is 0 Å². The van der Waals surface area contributed by atoms with Crippen molar-refractivity contribution in [2.45, 2.75) is 176 Å². The molecule has 10 amide bonds. The van der Waals surface area contributed by atoms with Crippen molar-refractivity contribution >= 4 is 64.8 Å². The number of unbranched alkanes of at least 4 members (excludes halogenated alkanes) is 2. The largest absolute Gasteiger partial charge is 0.378 e. The van der Waals surface area contributed by atoms with Gasteiger partial charge in [0.2, 0.25) is 53.2 Å². The van der Waals surface area contributed by atoms with Crippen LogP contribution in [0.5, 0.6) is 0 Å². The predicted molar refractivity (Wildman–Crippen MR) is 299 cm³/mol. The standard InChI is InChI=1S/C54H89N15O10/c1-30(2)28-40(44(55)71)61-47(73)38(20-17-19-27-57-52(78)45-65-67-69(66-45)37-24-22-36(23-25-37)68(14)15)60-51(77)43(33(7)8)63-53(79)54(12,13)64-49(75)41(29-31(3)4)62-48(74)39(21-16-18-26-56-46(72)34(9)10)59-50(76)42(32(5)6)58-35(11)70/h22-25,30-33,38-43H,9,16-21,26-29H2,1-8,10-15H3,(H2,55,71)(H,56,72)(H,57,78)(H,58,70)(H,59,76)(H,60,77)(H,61,73)(H,62,74)(H,63,79)(H,64,75)/t38-,39-,40-,41-,42-,43-/m0/s1. The molecule has 2 aromatic rings. The lowest BCUT2D eigenvalue weighted by atomic mass is 9.97. The van der Waals surface area contributed by atoms with E-state index in [-0.39, 0.29) is 68.3 Å². The van der Waals surface area contributed by atoms with Gasteiger partial charge in [-0.1, -0.05) is 62.0 Å². The number of amides is 10. The summed E-state index contributed by atoms with van der Waals surface area (Å²) in [6.07, 6.45) is 1.96. The number of nitrogens with zero attached hydrogens (tertiary/aromatic N) is 5. The van der Waals surface area contributed by atoms with E-state index in [4.69, 9.17) is 5.73 Å². The number of nitrogens with one attached hydrogen (secondary N) is 9. The SMILES string of the molecule is C=C(C)C(=O)NCCCC[C@H](NC(=O)[C@@H](NC(C)=O)C(C)C)C(=O)N[C@@H](CC(C)C)C(=O)NC(C)(C)C(=O)N[C@H](C(=O)N[C@@H](CCCCNC(=O)c1nnn(-c2ccc(N(C)C)cc2)n1)C(=O)N[C@@H](CC(C)C)C(N)=O)C(C)C. The molecule has 1 heterocycles. The number of nitrogens with two attached hydrogens (primary N) is 1. The number of benzene rings is 1. The highest BCUT2D eigenvalue weighted by Gasteiger charge is 2.38. The van der Waals surface area contributed by atoms with E-state index in [1.807, 2.05) is 58.8 Å². The molecule has 1 aromatic heterocycles. The Balaban J connectivity index is 2.27. The molecule has 0 saturated carbocycles. The van der Waals surface area contributed by atoms with Crippen molar-refractivity contribution in [1.82, 2.24) is 68.1 Å². The first-order valence-corrected chi connectivity index (χ1v) is 27.0. The predicted octanol–water partition coefficient (Wildman–Crippen LogP) is 1.20. The Morgan fingerprint density at radius 2 is 1.09 bits per heavy atom. The van der Waals surface area contributed by atoms with Crippen LogP contribution in [0.2, 0.25) is 0 Å². The summed E-state index contributed by atoms with van der Waals surface area (Å²) in [7, 11) is 3.82. The topological polar surface area (TPSA) is 352 Å². The highest BCUT2D eigenvalue weighted by atomic mass is 16.2. The van der Waals surface area contributed by atoms with Crippen LogP contribution in [-0.2, 0) is 43.2 Å². The van der Waals surface area contributed by atoms with Crippen LogP contribution in [-0.4, -0.2) is 148 Å². The number of anilines is 1. The second kappa shape index (κ2) is 32.4. The average molecular weight is 1110 g/mol. The van der Waals surface area contributed by atoms with Crippen molar-refractivity contribution in [3.05, 3.63) is 42.2 Å². The fraction of sp³-hybridized carbons (Fsp3) is 0.648. The summed E-state index contributed by atoms with van der Waals surface area (Å²) in [5.41, 5.74) is 5.86. The molecule has 0 aliphatic rings. The average Bonchev–Trinajstić information content (AvgIpc) is 3.85. The Labute approximate surface area is 465 Å². The molecule has 0 saturated heterocycles. The second-order valence-electron chi connectivity index (χ2n) is 22.2. The maximum Gasteiger partial charge on any atom is 0.292 e. The molecule has 0 radical (unpaired) electrons. The van der Waals surface area contributed by atoms with Gasteiger partial charge in [0.15, 0.2) is 0 Å². The van der Waals surface area contributed by atoms with Crippen LogP contribution in [0.4, 0.5) is 5.69 Å². The van der Waals surface area contributed by atoms with Crippen molar-refractivity contribution in [2.24, 2.45) is 29.4 Å². The zero-order chi connectivity index (χ0) is 59.9. The minimum atomic E-state index is -1.69. The fourth-order valence-electron chi connectivity index (χ4n) is 7.97. The van der Waals surface area contributed by atoms with E-state index >= 15 is 0 Å². The molecule has 0 aliphatic carbocycles. The van der Waals surface area contributed by atoms with E-state index in [2.05, 4.69) is 69.8 Å². The smallest absolute Gasteiger partial charge is 0.292 e. The summed E-state index contributed by atoms with van der Waals surface area (Å²) >= 11 is 0. The van der Waals surface area contributed by atoms with Gasteiger partial charge in [-0.15, -0.1) is 15.0 Å². The third-order valence-corrected chi connectivity index (χ3v) is 12.5. The third kappa shape index (κ3) is 23.6. The van der Waals surface area contributed by atoms with Gasteiger partial charge in [-0.25, -0.2) is 0 Å². The molecule has 0 bridgehead atoms. The Kier molecular flexibility index (Phi) is 27.8. The molecule has 25 nitrogen and oxygen atoms in total. The van der Waals surface area contributed by atoms with Crippen LogP contribution in [0.25, 0.3) is 5.69 Å². The molecule has 25 heteroatoms. The van der Waals surface area contributed by atoms with Crippen LogP contribution < -0.4 is 58.5 Å². The van der Waals surface area contributed by atoms with Crippen LogP contribution in [0.3, 0.4) is 0 Å². The molecule has 0 spiro atoms. The highest BCUT2D eigenvalue weighted by molar-refractivity contribution is 5.99. The molecule has 11 N–H and O–H groups in total. The number of tetrazole rings is 1. The fourth-order valence-corrected chi connectivity index (χ4v) is 7.97. The van der Waals surface area contributed by atoms with Gasteiger partial charge in [0.05, 0.1) is 5.69 Å². The monoisotopic (exact) mass is 1110 g/mol. The van der Waals surface area contributed by atoms with Crippen LogP contribution in [0.15, 0.2) is 36.4 Å². The molecular weight excluding hydrogens is 1020 g/mol. The van der Waals surface area contributed by atoms with Crippen molar-refractivity contribution in [1.29, 1.82) is 0 Å². The van der Waals surface area contributed by atoms with Gasteiger partial charge in [-0.05, 0) is 125 Å². The zero-order valence-corrected chi connectivity index (χ0v) is 48.8. The van der Waals surface area contributed by atoms with E-state index in [1.54, 1.807) is 46.8 Å². The zero-order valence-electron chi connectivity index (χ0n) is 48.8. The number of rotatable bonds is 34. The van der Waals surface area contributed by atoms with Crippen LogP contribution >= 0.6 is 0 Å². The summed E-state index contributed by atoms with van der Waals surface area (Å²) in [6, 6.07) is 0.477. The van der Waals surface area contributed by atoms with Gasteiger partial charge in [0.1, 0.15) is 41.8 Å². The summed E-state index contributed by atoms with van der Waals surface area (Å²) in [5.74, 6) is -7.57. The van der Waals surface area contributed by atoms with Gasteiger partial charge < -0.3 is 58.5 Å². The number of primary amides is 1. The first-order valence-electron chi connectivity index (χ1n) is 27.0. The quantitative estimate of drug-likeness (QED) is 0.0348. The minimum absolute atomic E-state index is 0.0234. The maximum absolute atomic E-state index is 14.2. The van der Waals surface area contributed by atoms with E-state index < -0.39 is 101 Å². The molecule has 0 unspecified atom stereocenters. The Hall–Kier alpha value is -7.47. The molecular formula is C54H89N15O10. The van der Waals surface area contributed by atoms with Crippen LogP contribution in [0.1, 0.15) is 145 Å². The normalized spacial score (nSPS) is 13.7. The van der Waals surface area contributed by atoms with E-state index in [0.717, 1.165) is 5.69 Å². The number of carbonyl (C=O) groups is 10. The van der Waals surface area contributed by atoms with Crippen molar-refractivity contribution in [3.8, 4) is 5.69 Å². The van der Waals surface area contributed by atoms with Crippen LogP contribution in [0, 0.1) is 23.7 Å². The Bertz CT molecular complexity index is 2420. The van der Waals surface area contributed by atoms with Crippen molar-refractivity contribution in [2.75, 3.05) is 32.1 Å². The maximum atomic E-state index is 14.2. The van der Waals surface area contributed by atoms with Gasteiger partial charge >= 0.3 is 0 Å². The molecule has 6 atom stereocenters. The summed E-state index contributed by atoms with van der Waals surface area (Å²) in [6.45, 7) is 23.9. The lowest BCUT2D eigenvalue weighted by Crippen LogP contribution is -2.64. The van der Waals surface area contributed by atoms with Gasteiger partial charge in [0, 0.05) is 45.4 Å². The minimum Gasteiger partial charge on any atom is -0.378 e. The summed E-state index contributed by atoms with van der Waals surface area (Å²) in [5, 5.41) is 36.5. The van der Waals surface area contributed by atoms with E-state index in [0.29, 0.717) is 36.9 Å². The lowest BCUT2D eigenvalue weighted by Gasteiger charge is -2.32. The second-order valence-corrected chi connectivity index (χ2v) is 22.2. The number of hydrogen-bond donors (Lipinski definition) is 10.